The Labute approximate surface area is 194 Å². The Morgan fingerprint density at radius 1 is 1.09 bits per heavy atom. The molecule has 0 aliphatic rings. The summed E-state index contributed by atoms with van der Waals surface area (Å²) in [6.07, 6.45) is 1.62. The number of hydrogen-bond acceptors (Lipinski definition) is 5. The van der Waals surface area contributed by atoms with E-state index in [9.17, 15) is 9.90 Å². The molecule has 2 N–H and O–H groups in total. The minimum Gasteiger partial charge on any atom is -0.507 e. The van der Waals surface area contributed by atoms with Crippen LogP contribution in [0.1, 0.15) is 48.9 Å². The highest BCUT2D eigenvalue weighted by Crippen LogP contribution is 2.27. The third-order valence-electron chi connectivity index (χ3n) is 5.07. The van der Waals surface area contributed by atoms with Crippen molar-refractivity contribution in [1.29, 1.82) is 0 Å². The number of phenolic OH excluding ortho intramolecular Hbond substituents is 1. The summed E-state index contributed by atoms with van der Waals surface area (Å²) in [5.41, 5.74) is 7.61. The van der Waals surface area contributed by atoms with Gasteiger partial charge >= 0.3 is 0 Å². The van der Waals surface area contributed by atoms with Crippen molar-refractivity contribution in [2.24, 2.45) is 10.1 Å². The maximum absolute atomic E-state index is 12.2. The van der Waals surface area contributed by atoms with Crippen molar-refractivity contribution >= 4 is 23.5 Å². The summed E-state index contributed by atoms with van der Waals surface area (Å²) < 4.78 is 5.75. The Bertz CT molecular complexity index is 1170. The van der Waals surface area contributed by atoms with E-state index in [1.807, 2.05) is 62.4 Å². The van der Waals surface area contributed by atoms with E-state index in [4.69, 9.17) is 4.74 Å². The van der Waals surface area contributed by atoms with Crippen molar-refractivity contribution in [3.05, 3.63) is 89.0 Å². The van der Waals surface area contributed by atoms with Crippen LogP contribution in [0.3, 0.4) is 0 Å². The first-order chi connectivity index (χ1) is 15.8. The van der Waals surface area contributed by atoms with E-state index in [1.165, 1.54) is 0 Å². The smallest absolute Gasteiger partial charge is 0.277 e. The molecule has 6 nitrogen and oxygen atoms in total. The summed E-state index contributed by atoms with van der Waals surface area (Å²) in [6, 6.07) is 20.5. The Morgan fingerprint density at radius 3 is 2.52 bits per heavy atom. The second-order valence-corrected chi connectivity index (χ2v) is 8.08. The highest BCUT2D eigenvalue weighted by atomic mass is 16.5. The number of nitrogens with one attached hydrogen (secondary N) is 1. The maximum atomic E-state index is 12.2. The van der Waals surface area contributed by atoms with Crippen LogP contribution < -0.4 is 10.2 Å². The fraction of sp³-hybridized carbons (Fsp3) is 0.222. The van der Waals surface area contributed by atoms with Crippen LogP contribution in [0.15, 0.2) is 76.8 Å². The van der Waals surface area contributed by atoms with Crippen LogP contribution >= 0.6 is 0 Å². The number of carbonyl (C=O) groups is 1. The molecule has 0 aromatic heterocycles. The van der Waals surface area contributed by atoms with Crippen LogP contribution in [0, 0.1) is 6.92 Å². The molecule has 33 heavy (non-hydrogen) atoms. The van der Waals surface area contributed by atoms with Crippen molar-refractivity contribution in [3.8, 4) is 11.5 Å². The molecular formula is C27H29N3O3. The number of benzene rings is 3. The van der Waals surface area contributed by atoms with Crippen molar-refractivity contribution in [2.45, 2.75) is 33.6 Å². The lowest BCUT2D eigenvalue weighted by atomic mass is 10.0. The number of hydrazone groups is 1. The van der Waals surface area contributed by atoms with Crippen molar-refractivity contribution < 1.29 is 14.6 Å². The summed E-state index contributed by atoms with van der Waals surface area (Å²) in [6.45, 7) is 7.88. The second kappa shape index (κ2) is 11.1. The molecule has 0 bridgehead atoms. The van der Waals surface area contributed by atoms with Crippen LogP contribution in [0.2, 0.25) is 0 Å². The van der Waals surface area contributed by atoms with Crippen molar-refractivity contribution in [2.75, 3.05) is 6.61 Å². The van der Waals surface area contributed by atoms with Crippen LogP contribution in [0.25, 0.3) is 0 Å². The van der Waals surface area contributed by atoms with Gasteiger partial charge in [0.25, 0.3) is 5.91 Å². The molecule has 3 aromatic rings. The van der Waals surface area contributed by atoms with Crippen molar-refractivity contribution in [3.63, 3.8) is 0 Å². The zero-order chi connectivity index (χ0) is 23.8. The number of aromatic hydroxyl groups is 1. The SMILES string of the molecule is CC(=NNC(=O)COc1cc(C)ccc1C(C)C)c1ccc(N=Cc2ccccc2O)cc1. The molecule has 0 heterocycles. The summed E-state index contributed by atoms with van der Waals surface area (Å²) in [5, 5.41) is 14.0. The highest BCUT2D eigenvalue weighted by Gasteiger charge is 2.10. The van der Waals surface area contributed by atoms with Gasteiger partial charge < -0.3 is 9.84 Å². The molecule has 0 saturated heterocycles. The molecule has 1 amide bonds. The lowest BCUT2D eigenvalue weighted by molar-refractivity contribution is -0.123. The zero-order valence-electron chi connectivity index (χ0n) is 19.4. The molecule has 3 aromatic carbocycles. The van der Waals surface area contributed by atoms with Gasteiger partial charge in [0.05, 0.1) is 11.4 Å². The first-order valence-corrected chi connectivity index (χ1v) is 10.8. The Balaban J connectivity index is 1.57. The first kappa shape index (κ1) is 23.7. The zero-order valence-corrected chi connectivity index (χ0v) is 19.4. The average Bonchev–Trinajstić information content (AvgIpc) is 2.81. The van der Waals surface area contributed by atoms with E-state index < -0.39 is 0 Å². The monoisotopic (exact) mass is 443 g/mol. The summed E-state index contributed by atoms with van der Waals surface area (Å²) in [7, 11) is 0. The summed E-state index contributed by atoms with van der Waals surface area (Å²) in [5.74, 6) is 0.883. The Hall–Kier alpha value is -3.93. The predicted molar refractivity (Wildman–Crippen MR) is 133 cm³/mol. The number of para-hydroxylation sites is 1. The highest BCUT2D eigenvalue weighted by molar-refractivity contribution is 5.99. The minimum atomic E-state index is -0.325. The van der Waals surface area contributed by atoms with E-state index in [-0.39, 0.29) is 18.3 Å². The third-order valence-corrected chi connectivity index (χ3v) is 5.07. The quantitative estimate of drug-likeness (QED) is 0.356. The number of aliphatic imine (C=N–C) groups is 1. The number of carbonyl (C=O) groups excluding carboxylic acids is 1. The molecule has 0 fully saturated rings. The topological polar surface area (TPSA) is 83.3 Å². The van der Waals surface area contributed by atoms with Gasteiger partial charge in [0.15, 0.2) is 6.61 Å². The molecule has 0 saturated carbocycles. The molecule has 0 radical (unpaired) electrons. The van der Waals surface area contributed by atoms with Gasteiger partial charge in [-0.3, -0.25) is 9.79 Å². The van der Waals surface area contributed by atoms with E-state index in [0.717, 1.165) is 28.1 Å². The number of nitrogens with zero attached hydrogens (tertiary/aromatic N) is 2. The molecule has 0 atom stereocenters. The fourth-order valence-electron chi connectivity index (χ4n) is 3.16. The van der Waals surface area contributed by atoms with Gasteiger partial charge in [-0.05, 0) is 66.8 Å². The first-order valence-electron chi connectivity index (χ1n) is 10.8. The molecular weight excluding hydrogens is 414 g/mol. The minimum absolute atomic E-state index is 0.111. The number of aryl methyl sites for hydroxylation is 1. The van der Waals surface area contributed by atoms with Gasteiger partial charge in [0.1, 0.15) is 11.5 Å². The molecule has 0 aliphatic heterocycles. The van der Waals surface area contributed by atoms with Gasteiger partial charge in [-0.2, -0.15) is 5.10 Å². The van der Waals surface area contributed by atoms with Crippen molar-refractivity contribution in [1.82, 2.24) is 5.43 Å². The average molecular weight is 444 g/mol. The normalized spacial score (nSPS) is 11.7. The van der Waals surface area contributed by atoms with E-state index in [2.05, 4.69) is 29.4 Å². The summed E-state index contributed by atoms with van der Waals surface area (Å²) >= 11 is 0. The van der Waals surface area contributed by atoms with Crippen LogP contribution in [0.5, 0.6) is 11.5 Å². The van der Waals surface area contributed by atoms with E-state index in [1.54, 1.807) is 24.4 Å². The van der Waals surface area contributed by atoms with E-state index in [0.29, 0.717) is 17.2 Å². The fourth-order valence-corrected chi connectivity index (χ4v) is 3.16. The number of hydrogen-bond donors (Lipinski definition) is 2. The Kier molecular flexibility index (Phi) is 7.97. The number of rotatable bonds is 8. The van der Waals surface area contributed by atoms with Gasteiger partial charge in [0, 0.05) is 11.8 Å². The molecule has 0 spiro atoms. The van der Waals surface area contributed by atoms with Gasteiger partial charge in [-0.1, -0.05) is 50.2 Å². The molecule has 0 unspecified atom stereocenters. The number of amides is 1. The molecule has 6 heteroatoms. The van der Waals surface area contributed by atoms with E-state index >= 15 is 0 Å². The van der Waals surface area contributed by atoms with Gasteiger partial charge in [-0.25, -0.2) is 5.43 Å². The maximum Gasteiger partial charge on any atom is 0.277 e. The number of phenols is 1. The third kappa shape index (κ3) is 6.77. The lowest BCUT2D eigenvalue weighted by Crippen LogP contribution is -2.26. The second-order valence-electron chi connectivity index (χ2n) is 8.08. The van der Waals surface area contributed by atoms with Crippen LogP contribution in [0.4, 0.5) is 5.69 Å². The molecule has 3 rings (SSSR count). The van der Waals surface area contributed by atoms with Gasteiger partial charge in [-0.15, -0.1) is 0 Å². The lowest BCUT2D eigenvalue weighted by Gasteiger charge is -2.14. The molecule has 170 valence electrons. The van der Waals surface area contributed by atoms with Gasteiger partial charge in [0.2, 0.25) is 0 Å². The summed E-state index contributed by atoms with van der Waals surface area (Å²) in [4.78, 5) is 16.6. The predicted octanol–water partition coefficient (Wildman–Crippen LogP) is 5.49. The Morgan fingerprint density at radius 2 is 1.82 bits per heavy atom. The standard InChI is InChI=1S/C27H29N3O3/c1-18(2)24-14-9-19(3)15-26(24)33-17-27(32)30-29-20(4)21-10-12-23(13-11-21)28-16-22-7-5-6-8-25(22)31/h5-16,18,31H,17H2,1-4H3,(H,30,32). The van der Waals surface area contributed by atoms with Crippen LogP contribution in [-0.4, -0.2) is 29.5 Å². The number of ether oxygens (including phenoxy) is 1. The molecule has 0 aliphatic carbocycles. The van der Waals surface area contributed by atoms with Crippen LogP contribution in [-0.2, 0) is 4.79 Å². The largest absolute Gasteiger partial charge is 0.507 e.